The van der Waals surface area contributed by atoms with Crippen LogP contribution in [0, 0.1) is 12.3 Å². The Labute approximate surface area is 218 Å². The number of carboxylic acids is 1. The molecule has 0 radical (unpaired) electrons. The fourth-order valence-corrected chi connectivity index (χ4v) is 5.46. The molecule has 0 aliphatic carbocycles. The van der Waals surface area contributed by atoms with Gasteiger partial charge in [0.2, 0.25) is 6.41 Å². The number of aliphatic carboxylic acids is 1. The number of pyridine rings is 1. The van der Waals surface area contributed by atoms with Crippen molar-refractivity contribution in [2.75, 3.05) is 17.7 Å². The van der Waals surface area contributed by atoms with Crippen molar-refractivity contribution in [3.8, 4) is 12.3 Å². The van der Waals surface area contributed by atoms with Crippen LogP contribution < -0.4 is 10.6 Å². The normalized spacial score (nSPS) is 19.1. The Hall–Kier alpha value is -4.48. The number of β-lactam (4-membered cyclic amide) rings is 1. The lowest BCUT2D eigenvalue weighted by atomic mass is 10.0. The van der Waals surface area contributed by atoms with E-state index in [0.717, 1.165) is 21.8 Å². The number of thioether (sulfide) groups is 1. The number of nitrogens with zero attached hydrogens (tertiary/aromatic N) is 4. The Kier molecular flexibility index (Phi) is 7.96. The van der Waals surface area contributed by atoms with E-state index < -0.39 is 29.2 Å². The SMILES string of the molecule is C#CCO/N=C(/C(=O)NC1C(=O)N2C(C(=O)O)=C(/C=C/c3cccnc3)CS[C@H]12)c1csc(NC=O)n1. The Morgan fingerprint density at radius 3 is 2.95 bits per heavy atom. The molecule has 0 saturated carbocycles. The number of anilines is 1. The first-order chi connectivity index (χ1) is 17.9. The molecule has 2 aromatic heterocycles. The molecule has 0 aromatic carbocycles. The van der Waals surface area contributed by atoms with E-state index in [9.17, 15) is 24.3 Å². The first kappa shape index (κ1) is 25.6. The number of oxime groups is 1. The van der Waals surface area contributed by atoms with Gasteiger partial charge < -0.3 is 20.6 Å². The van der Waals surface area contributed by atoms with Crippen LogP contribution in [-0.2, 0) is 24.0 Å². The lowest BCUT2D eigenvalue weighted by Gasteiger charge is -2.49. The van der Waals surface area contributed by atoms with Crippen molar-refractivity contribution in [3.05, 3.63) is 58.5 Å². The Balaban J connectivity index is 1.53. The van der Waals surface area contributed by atoms with E-state index in [4.69, 9.17) is 11.3 Å². The monoisotopic (exact) mass is 538 g/mol. The highest BCUT2D eigenvalue weighted by atomic mass is 32.2. The third-order valence-corrected chi connectivity index (χ3v) is 7.17. The molecule has 2 atom stereocenters. The number of aromatic nitrogens is 2. The van der Waals surface area contributed by atoms with Crippen LogP contribution in [0.5, 0.6) is 0 Å². The molecule has 3 amide bonds. The molecule has 1 unspecified atom stereocenters. The number of allylic oxidation sites excluding steroid dienone is 1. The molecule has 188 valence electrons. The van der Waals surface area contributed by atoms with Crippen LogP contribution in [0.2, 0.25) is 0 Å². The molecule has 12 nitrogen and oxygen atoms in total. The minimum atomic E-state index is -1.25. The second-order valence-corrected chi connectivity index (χ2v) is 9.34. The van der Waals surface area contributed by atoms with Crippen LogP contribution in [0.1, 0.15) is 11.3 Å². The average Bonchev–Trinajstić information content (AvgIpc) is 3.36. The van der Waals surface area contributed by atoms with Crippen molar-refractivity contribution in [1.82, 2.24) is 20.2 Å². The fourth-order valence-electron chi connectivity index (χ4n) is 3.49. The zero-order valence-corrected chi connectivity index (χ0v) is 20.5. The highest BCUT2D eigenvalue weighted by Gasteiger charge is 2.54. The van der Waals surface area contributed by atoms with Crippen molar-refractivity contribution in [3.63, 3.8) is 0 Å². The standard InChI is InChI=1S/C23H18N6O6S2/c1-2-8-35-28-16(15-11-37-23(26-15)25-12-30)19(31)27-17-20(32)29-18(22(33)34)14(10-36-21(17)29)6-5-13-4-3-7-24-9-13/h1,3-7,9,11-12,17,21H,8,10H2,(H,27,31)(H,33,34)(H,25,26,30)/b6-5+,28-16+/t17?,21-/m1/s1. The van der Waals surface area contributed by atoms with Crippen molar-refractivity contribution in [1.29, 1.82) is 0 Å². The smallest absolute Gasteiger partial charge is 0.352 e. The predicted octanol–water partition coefficient (Wildman–Crippen LogP) is 0.912. The van der Waals surface area contributed by atoms with Crippen molar-refractivity contribution in [2.24, 2.45) is 5.16 Å². The highest BCUT2D eigenvalue weighted by molar-refractivity contribution is 8.00. The van der Waals surface area contributed by atoms with E-state index in [1.165, 1.54) is 17.1 Å². The molecule has 2 aliphatic heterocycles. The number of nitrogens with one attached hydrogen (secondary N) is 2. The molecule has 37 heavy (non-hydrogen) atoms. The lowest BCUT2D eigenvalue weighted by molar-refractivity contribution is -0.150. The molecule has 2 aromatic rings. The number of rotatable bonds is 10. The van der Waals surface area contributed by atoms with Gasteiger partial charge in [-0.3, -0.25) is 24.3 Å². The van der Waals surface area contributed by atoms with Crippen LogP contribution in [0.3, 0.4) is 0 Å². The molecular formula is C23H18N6O6S2. The second-order valence-electron chi connectivity index (χ2n) is 7.38. The van der Waals surface area contributed by atoms with Crippen LogP contribution >= 0.6 is 23.1 Å². The van der Waals surface area contributed by atoms with E-state index in [0.29, 0.717) is 17.7 Å². The van der Waals surface area contributed by atoms with Gasteiger partial charge in [-0.15, -0.1) is 29.5 Å². The number of thiazole rings is 1. The average molecular weight is 539 g/mol. The minimum absolute atomic E-state index is 0.0951. The molecule has 1 fully saturated rings. The summed E-state index contributed by atoms with van der Waals surface area (Å²) in [7, 11) is 0. The summed E-state index contributed by atoms with van der Waals surface area (Å²) in [4.78, 5) is 63.0. The maximum atomic E-state index is 13.0. The zero-order valence-electron chi connectivity index (χ0n) is 18.9. The van der Waals surface area contributed by atoms with E-state index >= 15 is 0 Å². The van der Waals surface area contributed by atoms with Gasteiger partial charge in [0, 0.05) is 23.5 Å². The maximum absolute atomic E-state index is 13.0. The number of carbonyl (C=O) groups is 4. The summed E-state index contributed by atoms with van der Waals surface area (Å²) in [6.45, 7) is -0.211. The van der Waals surface area contributed by atoms with Crippen LogP contribution in [0.4, 0.5) is 5.13 Å². The second kappa shape index (κ2) is 11.5. The molecule has 0 bridgehead atoms. The van der Waals surface area contributed by atoms with Crippen molar-refractivity contribution < 1.29 is 29.1 Å². The lowest BCUT2D eigenvalue weighted by Crippen LogP contribution is -2.71. The number of carbonyl (C=O) groups excluding carboxylic acids is 3. The van der Waals surface area contributed by atoms with Gasteiger partial charge in [0.05, 0.1) is 0 Å². The van der Waals surface area contributed by atoms with Gasteiger partial charge in [-0.1, -0.05) is 29.3 Å². The molecule has 0 spiro atoms. The van der Waals surface area contributed by atoms with Crippen LogP contribution in [-0.4, -0.2) is 73.7 Å². The molecule has 4 rings (SSSR count). The summed E-state index contributed by atoms with van der Waals surface area (Å²) in [6.07, 6.45) is 12.2. The maximum Gasteiger partial charge on any atom is 0.352 e. The molecule has 4 heterocycles. The number of hydrogen-bond acceptors (Lipinski definition) is 10. The number of hydrogen-bond donors (Lipinski definition) is 3. The summed E-state index contributed by atoms with van der Waals surface area (Å²) < 4.78 is 0. The van der Waals surface area contributed by atoms with E-state index in [2.05, 4.69) is 31.7 Å². The molecular weight excluding hydrogens is 520 g/mol. The fraction of sp³-hybridized carbons (Fsp3) is 0.174. The number of amides is 3. The summed E-state index contributed by atoms with van der Waals surface area (Å²) in [5.41, 5.74) is 0.928. The Bertz CT molecular complexity index is 1360. The largest absolute Gasteiger partial charge is 0.477 e. The topological polar surface area (TPSA) is 163 Å². The first-order valence-corrected chi connectivity index (χ1v) is 12.5. The Morgan fingerprint density at radius 1 is 1.41 bits per heavy atom. The highest BCUT2D eigenvalue weighted by Crippen LogP contribution is 2.40. The quantitative estimate of drug-likeness (QED) is 0.0996. The third-order valence-electron chi connectivity index (χ3n) is 5.10. The Morgan fingerprint density at radius 2 is 2.24 bits per heavy atom. The number of fused-ring (bicyclic) bond motifs is 1. The first-order valence-electron chi connectivity index (χ1n) is 10.5. The van der Waals surface area contributed by atoms with Gasteiger partial charge in [0.15, 0.2) is 17.5 Å². The van der Waals surface area contributed by atoms with Gasteiger partial charge in [-0.05, 0) is 17.2 Å². The third kappa shape index (κ3) is 5.52. The summed E-state index contributed by atoms with van der Waals surface area (Å²) in [5.74, 6) is -0.0926. The van der Waals surface area contributed by atoms with Gasteiger partial charge in [0.1, 0.15) is 22.8 Å². The van der Waals surface area contributed by atoms with E-state index in [-0.39, 0.29) is 28.8 Å². The number of terminal acetylenes is 1. The minimum Gasteiger partial charge on any atom is -0.477 e. The van der Waals surface area contributed by atoms with Gasteiger partial charge in [-0.2, -0.15) is 0 Å². The molecule has 1 saturated heterocycles. The van der Waals surface area contributed by atoms with Crippen molar-refractivity contribution >= 4 is 64.2 Å². The van der Waals surface area contributed by atoms with Gasteiger partial charge >= 0.3 is 5.97 Å². The van der Waals surface area contributed by atoms with Crippen molar-refractivity contribution in [2.45, 2.75) is 11.4 Å². The summed E-state index contributed by atoms with van der Waals surface area (Å²) in [6, 6.07) is 2.57. The van der Waals surface area contributed by atoms with Gasteiger partial charge in [-0.25, -0.2) is 9.78 Å². The molecule has 14 heteroatoms. The van der Waals surface area contributed by atoms with E-state index in [1.54, 1.807) is 30.6 Å². The van der Waals surface area contributed by atoms with E-state index in [1.807, 2.05) is 6.07 Å². The number of carboxylic acid groups (broad SMARTS) is 1. The molecule has 3 N–H and O–H groups in total. The van der Waals surface area contributed by atoms with Gasteiger partial charge in [0.25, 0.3) is 11.8 Å². The zero-order chi connectivity index (χ0) is 26.4. The summed E-state index contributed by atoms with van der Waals surface area (Å²) >= 11 is 2.37. The predicted molar refractivity (Wildman–Crippen MR) is 136 cm³/mol. The molecule has 2 aliphatic rings. The summed E-state index contributed by atoms with van der Waals surface area (Å²) in [5, 5.41) is 19.6. The van der Waals surface area contributed by atoms with Crippen LogP contribution in [0.25, 0.3) is 6.08 Å². The van der Waals surface area contributed by atoms with Crippen LogP contribution in [0.15, 0.2) is 52.4 Å².